The van der Waals surface area contributed by atoms with E-state index in [1.165, 1.54) is 0 Å². The summed E-state index contributed by atoms with van der Waals surface area (Å²) < 4.78 is 0. The number of pyridine rings is 1. The van der Waals surface area contributed by atoms with E-state index >= 15 is 0 Å². The second-order valence-corrected chi connectivity index (χ2v) is 4.91. The van der Waals surface area contributed by atoms with Crippen LogP contribution < -0.4 is 4.90 Å². The lowest BCUT2D eigenvalue weighted by atomic mass is 10.2. The summed E-state index contributed by atoms with van der Waals surface area (Å²) >= 11 is 3.37. The Labute approximate surface area is 97.6 Å². The van der Waals surface area contributed by atoms with Crippen LogP contribution >= 0.6 is 15.9 Å². The molecule has 0 saturated carbocycles. The highest BCUT2D eigenvalue weighted by Crippen LogP contribution is 2.27. The molecule has 0 radical (unpaired) electrons. The van der Waals surface area contributed by atoms with Crippen molar-refractivity contribution in [3.8, 4) is 0 Å². The van der Waals surface area contributed by atoms with Gasteiger partial charge in [-0.15, -0.1) is 0 Å². The highest BCUT2D eigenvalue weighted by Gasteiger charge is 2.31. The molecular formula is C11H13BrN2O. The van der Waals surface area contributed by atoms with Gasteiger partial charge in [-0.05, 0) is 32.4 Å². The van der Waals surface area contributed by atoms with Gasteiger partial charge in [0.15, 0.2) is 0 Å². The number of carbonyl (C=O) groups is 1. The van der Waals surface area contributed by atoms with Crippen LogP contribution in [0.4, 0.5) is 5.69 Å². The Bertz CT molecular complexity index is 406. The maximum Gasteiger partial charge on any atom is 0.240 e. The maximum atomic E-state index is 11.8. The fourth-order valence-corrected chi connectivity index (χ4v) is 2.30. The zero-order valence-corrected chi connectivity index (χ0v) is 10.4. The number of alkyl halides is 1. The second kappa shape index (κ2) is 3.93. The van der Waals surface area contributed by atoms with Crippen molar-refractivity contribution in [3.05, 3.63) is 23.5 Å². The van der Waals surface area contributed by atoms with Crippen LogP contribution in [0.5, 0.6) is 0 Å². The number of amides is 1. The van der Waals surface area contributed by atoms with Crippen molar-refractivity contribution in [2.24, 2.45) is 0 Å². The van der Waals surface area contributed by atoms with Gasteiger partial charge in [0.05, 0.1) is 16.2 Å². The third-order valence-electron chi connectivity index (χ3n) is 2.63. The molecule has 4 heteroatoms. The fourth-order valence-electron chi connectivity index (χ4n) is 1.85. The summed E-state index contributed by atoms with van der Waals surface area (Å²) in [5.74, 6) is 0.142. The summed E-state index contributed by atoms with van der Waals surface area (Å²) in [5, 5.41) is 0. The molecule has 1 saturated heterocycles. The number of rotatable bonds is 1. The first-order valence-electron chi connectivity index (χ1n) is 4.99. The van der Waals surface area contributed by atoms with Crippen LogP contribution in [-0.2, 0) is 4.79 Å². The summed E-state index contributed by atoms with van der Waals surface area (Å²) in [4.78, 5) is 17.9. The van der Waals surface area contributed by atoms with Crippen LogP contribution in [0.1, 0.15) is 17.8 Å². The molecule has 1 aromatic rings. The van der Waals surface area contributed by atoms with Gasteiger partial charge < -0.3 is 4.90 Å². The molecule has 1 aliphatic rings. The molecule has 1 fully saturated rings. The van der Waals surface area contributed by atoms with Gasteiger partial charge in [-0.2, -0.15) is 0 Å². The first-order valence-corrected chi connectivity index (χ1v) is 5.91. The van der Waals surface area contributed by atoms with Crippen LogP contribution in [-0.4, -0.2) is 22.3 Å². The van der Waals surface area contributed by atoms with Gasteiger partial charge in [0.2, 0.25) is 5.91 Å². The van der Waals surface area contributed by atoms with Crippen LogP contribution in [0.25, 0.3) is 0 Å². The molecule has 1 unspecified atom stereocenters. The van der Waals surface area contributed by atoms with Crippen LogP contribution in [0.3, 0.4) is 0 Å². The molecule has 1 aromatic heterocycles. The lowest BCUT2D eigenvalue weighted by molar-refractivity contribution is -0.116. The Morgan fingerprint density at radius 2 is 2.20 bits per heavy atom. The van der Waals surface area contributed by atoms with E-state index in [0.717, 1.165) is 30.0 Å². The Morgan fingerprint density at radius 3 is 2.73 bits per heavy atom. The number of carbonyl (C=O) groups excluding carboxylic acids is 1. The Balaban J connectivity index is 2.34. The van der Waals surface area contributed by atoms with Crippen molar-refractivity contribution < 1.29 is 4.79 Å². The van der Waals surface area contributed by atoms with E-state index in [9.17, 15) is 4.79 Å². The van der Waals surface area contributed by atoms with E-state index in [1.807, 2.05) is 26.0 Å². The zero-order chi connectivity index (χ0) is 11.0. The van der Waals surface area contributed by atoms with Crippen LogP contribution in [0, 0.1) is 13.8 Å². The average molecular weight is 269 g/mol. The molecule has 2 rings (SSSR count). The molecule has 1 aliphatic heterocycles. The van der Waals surface area contributed by atoms with Gasteiger partial charge in [0.25, 0.3) is 0 Å². The highest BCUT2D eigenvalue weighted by molar-refractivity contribution is 9.10. The van der Waals surface area contributed by atoms with E-state index in [-0.39, 0.29) is 10.7 Å². The second-order valence-electron chi connectivity index (χ2n) is 3.80. The van der Waals surface area contributed by atoms with Gasteiger partial charge >= 0.3 is 0 Å². The van der Waals surface area contributed by atoms with Crippen molar-refractivity contribution in [1.29, 1.82) is 0 Å². The summed E-state index contributed by atoms with van der Waals surface area (Å²) in [5.41, 5.74) is 2.84. The van der Waals surface area contributed by atoms with E-state index in [0.29, 0.717) is 0 Å². The predicted molar refractivity (Wildman–Crippen MR) is 63.4 cm³/mol. The van der Waals surface area contributed by atoms with Crippen molar-refractivity contribution in [2.45, 2.75) is 25.1 Å². The predicted octanol–water partition coefficient (Wildman–Crippen LogP) is 2.20. The van der Waals surface area contributed by atoms with Gasteiger partial charge in [-0.3, -0.25) is 9.78 Å². The minimum absolute atomic E-state index is 0.0294. The van der Waals surface area contributed by atoms with Crippen LogP contribution in [0.2, 0.25) is 0 Å². The fraction of sp³-hybridized carbons (Fsp3) is 0.455. The number of hydrogen-bond acceptors (Lipinski definition) is 2. The van der Waals surface area contributed by atoms with Gasteiger partial charge in [-0.1, -0.05) is 15.9 Å². The highest BCUT2D eigenvalue weighted by atomic mass is 79.9. The number of aryl methyl sites for hydroxylation is 2. The molecular weight excluding hydrogens is 256 g/mol. The molecule has 3 nitrogen and oxygen atoms in total. The van der Waals surface area contributed by atoms with Crippen molar-refractivity contribution in [3.63, 3.8) is 0 Å². The van der Waals surface area contributed by atoms with E-state index in [1.54, 1.807) is 4.90 Å². The first-order chi connectivity index (χ1) is 7.09. The van der Waals surface area contributed by atoms with E-state index < -0.39 is 0 Å². The summed E-state index contributed by atoms with van der Waals surface area (Å²) in [6, 6.07) is 3.91. The van der Waals surface area contributed by atoms with Crippen molar-refractivity contribution in [1.82, 2.24) is 4.98 Å². The summed E-state index contributed by atoms with van der Waals surface area (Å²) in [6.45, 7) is 4.67. The lowest BCUT2D eigenvalue weighted by Crippen LogP contribution is -2.28. The average Bonchev–Trinajstić information content (AvgIpc) is 2.49. The molecule has 15 heavy (non-hydrogen) atoms. The van der Waals surface area contributed by atoms with Crippen LogP contribution in [0.15, 0.2) is 12.1 Å². The monoisotopic (exact) mass is 268 g/mol. The molecule has 1 atom stereocenters. The van der Waals surface area contributed by atoms with E-state index in [4.69, 9.17) is 0 Å². The Hall–Kier alpha value is -0.900. The molecule has 2 heterocycles. The molecule has 0 aliphatic carbocycles. The molecule has 0 aromatic carbocycles. The first kappa shape index (κ1) is 10.6. The Morgan fingerprint density at radius 1 is 1.47 bits per heavy atom. The molecule has 1 amide bonds. The lowest BCUT2D eigenvalue weighted by Gasteiger charge is -2.18. The maximum absolute atomic E-state index is 11.8. The number of anilines is 1. The number of halogens is 1. The van der Waals surface area contributed by atoms with Gasteiger partial charge in [0.1, 0.15) is 0 Å². The third-order valence-corrected chi connectivity index (χ3v) is 3.48. The number of aromatic nitrogens is 1. The molecule has 0 spiro atoms. The molecule has 0 bridgehead atoms. The third kappa shape index (κ3) is 1.91. The topological polar surface area (TPSA) is 33.2 Å². The van der Waals surface area contributed by atoms with E-state index in [2.05, 4.69) is 20.9 Å². The zero-order valence-electron chi connectivity index (χ0n) is 8.83. The normalized spacial score (nSPS) is 21.1. The minimum Gasteiger partial charge on any atom is -0.310 e. The summed E-state index contributed by atoms with van der Waals surface area (Å²) in [6.07, 6.45) is 0.867. The van der Waals surface area contributed by atoms with Crippen molar-refractivity contribution in [2.75, 3.05) is 11.4 Å². The standard InChI is InChI=1S/C11H13BrN2O/c1-7-3-4-10(8(2)13-7)14-6-5-9(12)11(14)15/h3-4,9H,5-6H2,1-2H3. The van der Waals surface area contributed by atoms with Gasteiger partial charge in [0, 0.05) is 12.2 Å². The largest absolute Gasteiger partial charge is 0.310 e. The van der Waals surface area contributed by atoms with Gasteiger partial charge in [-0.25, -0.2) is 0 Å². The SMILES string of the molecule is Cc1ccc(N2CCC(Br)C2=O)c(C)n1. The summed E-state index contributed by atoms with van der Waals surface area (Å²) in [7, 11) is 0. The van der Waals surface area contributed by atoms with Crippen molar-refractivity contribution >= 4 is 27.5 Å². The smallest absolute Gasteiger partial charge is 0.240 e. The molecule has 80 valence electrons. The minimum atomic E-state index is -0.0294. The Kier molecular flexibility index (Phi) is 2.78. The number of nitrogens with zero attached hydrogens (tertiary/aromatic N) is 2. The molecule has 0 N–H and O–H groups in total. The number of hydrogen-bond donors (Lipinski definition) is 0. The quantitative estimate of drug-likeness (QED) is 0.732.